The summed E-state index contributed by atoms with van der Waals surface area (Å²) in [5.74, 6) is 1.61. The SMILES string of the molecule is COc1ccc(-c2nc(N=Cc3ccccc3Cl)sc2-c2ccc(OC)cc2)cc1. The molecule has 0 amide bonds. The van der Waals surface area contributed by atoms with Crippen molar-refractivity contribution in [3.05, 3.63) is 83.4 Å². The smallest absolute Gasteiger partial charge is 0.210 e. The lowest BCUT2D eigenvalue weighted by Gasteiger charge is -2.05. The lowest BCUT2D eigenvalue weighted by Crippen LogP contribution is -1.86. The van der Waals surface area contributed by atoms with Gasteiger partial charge in [0.2, 0.25) is 5.13 Å². The number of rotatable bonds is 6. The van der Waals surface area contributed by atoms with Crippen molar-refractivity contribution < 1.29 is 9.47 Å². The molecule has 4 aromatic rings. The Morgan fingerprint density at radius 2 is 1.43 bits per heavy atom. The molecule has 0 aliphatic carbocycles. The quantitative estimate of drug-likeness (QED) is 0.310. The summed E-state index contributed by atoms with van der Waals surface area (Å²) in [6, 6.07) is 23.4. The number of nitrogens with zero attached hydrogens (tertiary/aromatic N) is 2. The van der Waals surface area contributed by atoms with Crippen molar-refractivity contribution in [3.63, 3.8) is 0 Å². The number of benzene rings is 3. The van der Waals surface area contributed by atoms with E-state index in [0.29, 0.717) is 10.2 Å². The highest BCUT2D eigenvalue weighted by Crippen LogP contribution is 2.41. The number of methoxy groups -OCH3 is 2. The number of ether oxygens (including phenoxy) is 2. The minimum Gasteiger partial charge on any atom is -0.497 e. The van der Waals surface area contributed by atoms with Gasteiger partial charge in [-0.25, -0.2) is 9.98 Å². The van der Waals surface area contributed by atoms with Gasteiger partial charge in [-0.15, -0.1) is 0 Å². The van der Waals surface area contributed by atoms with E-state index in [4.69, 9.17) is 26.1 Å². The number of thiazole rings is 1. The van der Waals surface area contributed by atoms with Gasteiger partial charge in [-0.05, 0) is 60.2 Å². The maximum atomic E-state index is 6.24. The van der Waals surface area contributed by atoms with Crippen molar-refractivity contribution in [2.75, 3.05) is 14.2 Å². The van der Waals surface area contributed by atoms with Crippen molar-refractivity contribution >= 4 is 34.3 Å². The van der Waals surface area contributed by atoms with Crippen LogP contribution in [-0.4, -0.2) is 25.4 Å². The Bertz CT molecular complexity index is 1100. The van der Waals surface area contributed by atoms with Gasteiger partial charge < -0.3 is 9.47 Å². The molecular formula is C24H19ClN2O2S. The van der Waals surface area contributed by atoms with E-state index in [1.165, 1.54) is 11.3 Å². The predicted octanol–water partition coefficient (Wildman–Crippen LogP) is 6.90. The molecule has 3 aromatic carbocycles. The van der Waals surface area contributed by atoms with Gasteiger partial charge in [0.05, 0.1) is 24.8 Å². The topological polar surface area (TPSA) is 43.7 Å². The van der Waals surface area contributed by atoms with Crippen molar-refractivity contribution in [2.45, 2.75) is 0 Å². The molecule has 0 saturated carbocycles. The van der Waals surface area contributed by atoms with Crippen LogP contribution in [0.5, 0.6) is 11.5 Å². The van der Waals surface area contributed by atoms with Crippen LogP contribution in [0.1, 0.15) is 5.56 Å². The van der Waals surface area contributed by atoms with Gasteiger partial charge in [0, 0.05) is 22.4 Å². The summed E-state index contributed by atoms with van der Waals surface area (Å²) in [7, 11) is 3.31. The molecule has 0 spiro atoms. The van der Waals surface area contributed by atoms with Crippen molar-refractivity contribution in [1.29, 1.82) is 0 Å². The molecule has 0 N–H and O–H groups in total. The van der Waals surface area contributed by atoms with E-state index in [0.717, 1.165) is 38.8 Å². The summed E-state index contributed by atoms with van der Waals surface area (Å²) < 4.78 is 10.6. The Kier molecular flexibility index (Phi) is 6.12. The van der Waals surface area contributed by atoms with Gasteiger partial charge in [0.15, 0.2) is 0 Å². The summed E-state index contributed by atoms with van der Waals surface area (Å²) in [6.45, 7) is 0. The molecule has 1 aromatic heterocycles. The molecule has 0 aliphatic heterocycles. The van der Waals surface area contributed by atoms with E-state index in [-0.39, 0.29) is 0 Å². The van der Waals surface area contributed by atoms with Crippen LogP contribution in [0.4, 0.5) is 5.13 Å². The van der Waals surface area contributed by atoms with Gasteiger partial charge in [-0.2, -0.15) is 0 Å². The van der Waals surface area contributed by atoms with E-state index >= 15 is 0 Å². The molecule has 4 nitrogen and oxygen atoms in total. The van der Waals surface area contributed by atoms with Gasteiger partial charge in [0.25, 0.3) is 0 Å². The first-order valence-electron chi connectivity index (χ1n) is 9.26. The molecule has 4 rings (SSSR count). The molecule has 0 unspecified atom stereocenters. The standard InChI is InChI=1S/C24H19ClN2O2S/c1-28-19-11-7-16(8-12-19)22-23(17-9-13-20(29-2)14-10-17)30-24(27-22)26-15-18-5-3-4-6-21(18)25/h3-15H,1-2H3. The molecule has 150 valence electrons. The Morgan fingerprint density at radius 3 is 2.03 bits per heavy atom. The second-order valence-electron chi connectivity index (χ2n) is 6.41. The first-order chi connectivity index (χ1) is 14.7. The molecule has 0 radical (unpaired) electrons. The molecule has 30 heavy (non-hydrogen) atoms. The van der Waals surface area contributed by atoms with Crippen LogP contribution in [0, 0.1) is 0 Å². The summed E-state index contributed by atoms with van der Waals surface area (Å²) >= 11 is 7.78. The highest BCUT2D eigenvalue weighted by molar-refractivity contribution is 7.19. The number of hydrogen-bond donors (Lipinski definition) is 0. The van der Waals surface area contributed by atoms with E-state index in [1.54, 1.807) is 20.4 Å². The van der Waals surface area contributed by atoms with Crippen LogP contribution in [-0.2, 0) is 0 Å². The average molecular weight is 435 g/mol. The molecule has 0 bridgehead atoms. The molecule has 1 heterocycles. The molecule has 0 atom stereocenters. The summed E-state index contributed by atoms with van der Waals surface area (Å²) in [6.07, 6.45) is 1.75. The third kappa shape index (κ3) is 4.37. The Hall–Kier alpha value is -3.15. The Balaban J connectivity index is 1.76. The highest BCUT2D eigenvalue weighted by atomic mass is 35.5. The van der Waals surface area contributed by atoms with Crippen LogP contribution >= 0.6 is 22.9 Å². The second kappa shape index (κ2) is 9.11. The van der Waals surface area contributed by atoms with Crippen molar-refractivity contribution in [2.24, 2.45) is 4.99 Å². The Morgan fingerprint density at radius 1 is 0.833 bits per heavy atom. The fourth-order valence-corrected chi connectivity index (χ4v) is 4.07. The van der Waals surface area contributed by atoms with Crippen LogP contribution in [0.2, 0.25) is 5.02 Å². The van der Waals surface area contributed by atoms with Gasteiger partial charge in [-0.1, -0.05) is 41.1 Å². The molecule has 0 fully saturated rings. The molecule has 6 heteroatoms. The van der Waals surface area contributed by atoms with Crippen LogP contribution < -0.4 is 9.47 Å². The van der Waals surface area contributed by atoms with E-state index in [9.17, 15) is 0 Å². The van der Waals surface area contributed by atoms with E-state index < -0.39 is 0 Å². The molecule has 0 saturated heterocycles. The summed E-state index contributed by atoms with van der Waals surface area (Å²) in [5, 5.41) is 1.31. The minimum atomic E-state index is 0.656. The van der Waals surface area contributed by atoms with Gasteiger partial charge in [0.1, 0.15) is 11.5 Å². The second-order valence-corrected chi connectivity index (χ2v) is 7.80. The Labute approximate surface area is 184 Å². The van der Waals surface area contributed by atoms with Crippen molar-refractivity contribution in [3.8, 4) is 33.2 Å². The lowest BCUT2D eigenvalue weighted by atomic mass is 10.1. The van der Waals surface area contributed by atoms with E-state index in [1.807, 2.05) is 72.8 Å². The minimum absolute atomic E-state index is 0.656. The summed E-state index contributed by atoms with van der Waals surface area (Å²) in [5.41, 5.74) is 3.78. The third-order valence-corrected chi connectivity index (χ3v) is 5.91. The fourth-order valence-electron chi connectivity index (χ4n) is 2.95. The number of aliphatic imine (C=N–C) groups is 1. The maximum absolute atomic E-state index is 6.24. The average Bonchev–Trinajstić information content (AvgIpc) is 3.23. The van der Waals surface area contributed by atoms with Crippen LogP contribution in [0.15, 0.2) is 77.8 Å². The summed E-state index contributed by atoms with van der Waals surface area (Å²) in [4.78, 5) is 10.4. The number of aromatic nitrogens is 1. The highest BCUT2D eigenvalue weighted by Gasteiger charge is 2.15. The van der Waals surface area contributed by atoms with Gasteiger partial charge in [-0.3, -0.25) is 0 Å². The van der Waals surface area contributed by atoms with E-state index in [2.05, 4.69) is 4.99 Å². The first kappa shape index (κ1) is 20.1. The number of halogens is 1. The fraction of sp³-hybridized carbons (Fsp3) is 0.0833. The first-order valence-corrected chi connectivity index (χ1v) is 10.5. The zero-order valence-electron chi connectivity index (χ0n) is 16.5. The monoisotopic (exact) mass is 434 g/mol. The van der Waals surface area contributed by atoms with Crippen LogP contribution in [0.3, 0.4) is 0 Å². The molecule has 0 aliphatic rings. The maximum Gasteiger partial charge on any atom is 0.210 e. The third-order valence-electron chi connectivity index (χ3n) is 4.55. The predicted molar refractivity (Wildman–Crippen MR) is 125 cm³/mol. The zero-order chi connectivity index (χ0) is 20.9. The molecular weight excluding hydrogens is 416 g/mol. The normalized spacial score (nSPS) is 11.0. The van der Waals surface area contributed by atoms with Crippen molar-refractivity contribution in [1.82, 2.24) is 4.98 Å². The van der Waals surface area contributed by atoms with Gasteiger partial charge >= 0.3 is 0 Å². The number of hydrogen-bond acceptors (Lipinski definition) is 5. The van der Waals surface area contributed by atoms with Crippen LogP contribution in [0.25, 0.3) is 21.7 Å². The zero-order valence-corrected chi connectivity index (χ0v) is 18.1. The lowest BCUT2D eigenvalue weighted by molar-refractivity contribution is 0.414. The largest absolute Gasteiger partial charge is 0.497 e.